The summed E-state index contributed by atoms with van der Waals surface area (Å²) in [5, 5.41) is 0. The van der Waals surface area contributed by atoms with Crippen molar-refractivity contribution in [3.8, 4) is 0 Å². The number of anilines is 1. The van der Waals surface area contributed by atoms with Crippen LogP contribution in [0.5, 0.6) is 0 Å². The zero-order valence-corrected chi connectivity index (χ0v) is 12.7. The van der Waals surface area contributed by atoms with Crippen LogP contribution in [0, 0.1) is 13.8 Å². The number of benzene rings is 1. The molecule has 0 aromatic heterocycles. The van der Waals surface area contributed by atoms with E-state index in [0.29, 0.717) is 12.1 Å². The van der Waals surface area contributed by atoms with E-state index in [9.17, 15) is 0 Å². The zero-order valence-electron chi connectivity index (χ0n) is 12.7. The molecule has 3 heteroatoms. The summed E-state index contributed by atoms with van der Waals surface area (Å²) in [6.45, 7) is 9.51. The summed E-state index contributed by atoms with van der Waals surface area (Å²) in [7, 11) is 2.20. The lowest BCUT2D eigenvalue weighted by atomic mass is 10.1. The number of aryl methyl sites for hydroxylation is 2. The van der Waals surface area contributed by atoms with Gasteiger partial charge in [-0.1, -0.05) is 6.07 Å². The molecule has 2 unspecified atom stereocenters. The lowest BCUT2D eigenvalue weighted by Gasteiger charge is -2.31. The molecule has 0 aliphatic carbocycles. The van der Waals surface area contributed by atoms with Gasteiger partial charge in [-0.15, -0.1) is 0 Å². The van der Waals surface area contributed by atoms with Crippen LogP contribution < -0.4 is 10.6 Å². The van der Waals surface area contributed by atoms with Crippen molar-refractivity contribution in [2.24, 2.45) is 5.73 Å². The predicted molar refractivity (Wildman–Crippen MR) is 82.8 cm³/mol. The first-order valence-electron chi connectivity index (χ1n) is 7.26. The maximum Gasteiger partial charge on any atom is 0.0393 e. The molecule has 1 aliphatic rings. The van der Waals surface area contributed by atoms with Crippen LogP contribution in [0.25, 0.3) is 0 Å². The molecule has 3 nitrogen and oxygen atoms in total. The Kier molecular flexibility index (Phi) is 4.48. The van der Waals surface area contributed by atoms with E-state index < -0.39 is 0 Å². The summed E-state index contributed by atoms with van der Waals surface area (Å²) in [6.07, 6.45) is 1.19. The quantitative estimate of drug-likeness (QED) is 0.885. The van der Waals surface area contributed by atoms with Crippen LogP contribution in [0.4, 0.5) is 5.69 Å². The fraction of sp³-hybridized carbons (Fsp3) is 0.625. The molecule has 1 aromatic rings. The van der Waals surface area contributed by atoms with Gasteiger partial charge >= 0.3 is 0 Å². The summed E-state index contributed by atoms with van der Waals surface area (Å²) in [5.41, 5.74) is 9.98. The van der Waals surface area contributed by atoms with Crippen LogP contribution in [0.3, 0.4) is 0 Å². The molecule has 1 aliphatic heterocycles. The second-order valence-electron chi connectivity index (χ2n) is 5.98. The molecular weight excluding hydrogens is 234 g/mol. The number of hydrogen-bond donors (Lipinski definition) is 1. The van der Waals surface area contributed by atoms with Crippen molar-refractivity contribution in [1.29, 1.82) is 0 Å². The Balaban J connectivity index is 2.24. The van der Waals surface area contributed by atoms with E-state index in [1.54, 1.807) is 0 Å². The summed E-state index contributed by atoms with van der Waals surface area (Å²) in [4.78, 5) is 4.93. The molecule has 0 amide bonds. The molecule has 2 atom stereocenters. The SMILES string of the molecule is Cc1cc(C)cc(N2CCC(C)N(C)C(CN)C2)c1. The number of nitrogens with zero attached hydrogens (tertiary/aromatic N) is 2. The standard InChI is InChI=1S/C16H27N3/c1-12-7-13(2)9-15(8-12)19-6-5-14(3)18(4)16(10-17)11-19/h7-9,14,16H,5-6,10-11,17H2,1-4H3. The van der Waals surface area contributed by atoms with E-state index in [4.69, 9.17) is 5.73 Å². The molecule has 1 heterocycles. The van der Waals surface area contributed by atoms with E-state index in [2.05, 4.69) is 55.8 Å². The minimum absolute atomic E-state index is 0.443. The van der Waals surface area contributed by atoms with Crippen molar-refractivity contribution in [3.63, 3.8) is 0 Å². The van der Waals surface area contributed by atoms with E-state index in [1.807, 2.05) is 0 Å². The maximum absolute atomic E-state index is 5.96. The minimum Gasteiger partial charge on any atom is -0.370 e. The second kappa shape index (κ2) is 5.93. The Morgan fingerprint density at radius 1 is 1.21 bits per heavy atom. The third-order valence-electron chi connectivity index (χ3n) is 4.36. The third-order valence-corrected chi connectivity index (χ3v) is 4.36. The number of likely N-dealkylation sites (N-methyl/N-ethyl adjacent to an activating group) is 1. The lowest BCUT2D eigenvalue weighted by molar-refractivity contribution is 0.201. The summed E-state index contributed by atoms with van der Waals surface area (Å²) < 4.78 is 0. The normalized spacial score (nSPS) is 25.4. The van der Waals surface area contributed by atoms with Crippen molar-refractivity contribution < 1.29 is 0 Å². The van der Waals surface area contributed by atoms with Gasteiger partial charge in [-0.2, -0.15) is 0 Å². The van der Waals surface area contributed by atoms with Crippen LogP contribution in [-0.2, 0) is 0 Å². The van der Waals surface area contributed by atoms with Crippen molar-refractivity contribution in [1.82, 2.24) is 4.90 Å². The molecule has 2 rings (SSSR count). The first kappa shape index (κ1) is 14.4. The highest BCUT2D eigenvalue weighted by Crippen LogP contribution is 2.23. The Bertz CT molecular complexity index is 410. The van der Waals surface area contributed by atoms with Gasteiger partial charge in [0.25, 0.3) is 0 Å². The largest absolute Gasteiger partial charge is 0.370 e. The van der Waals surface area contributed by atoms with Crippen molar-refractivity contribution in [2.45, 2.75) is 39.3 Å². The molecule has 0 bridgehead atoms. The van der Waals surface area contributed by atoms with Gasteiger partial charge in [-0.3, -0.25) is 4.90 Å². The average molecular weight is 261 g/mol. The molecule has 1 fully saturated rings. The topological polar surface area (TPSA) is 32.5 Å². The molecular formula is C16H27N3. The van der Waals surface area contributed by atoms with Crippen LogP contribution in [0.15, 0.2) is 18.2 Å². The van der Waals surface area contributed by atoms with Gasteiger partial charge in [0.15, 0.2) is 0 Å². The third kappa shape index (κ3) is 3.28. The summed E-state index contributed by atoms with van der Waals surface area (Å²) in [6, 6.07) is 7.85. The fourth-order valence-corrected chi connectivity index (χ4v) is 2.99. The van der Waals surface area contributed by atoms with Crippen LogP contribution in [0.2, 0.25) is 0 Å². The molecule has 1 saturated heterocycles. The van der Waals surface area contributed by atoms with Crippen molar-refractivity contribution in [3.05, 3.63) is 29.3 Å². The van der Waals surface area contributed by atoms with E-state index in [0.717, 1.165) is 19.6 Å². The van der Waals surface area contributed by atoms with Gasteiger partial charge in [0, 0.05) is 37.4 Å². The molecule has 2 N–H and O–H groups in total. The average Bonchev–Trinajstić information content (AvgIpc) is 2.49. The first-order valence-corrected chi connectivity index (χ1v) is 7.26. The number of rotatable bonds is 2. The second-order valence-corrected chi connectivity index (χ2v) is 5.98. The number of nitrogens with two attached hydrogens (primary N) is 1. The summed E-state index contributed by atoms with van der Waals surface area (Å²) >= 11 is 0. The van der Waals surface area contributed by atoms with Gasteiger partial charge in [-0.05, 0) is 57.5 Å². The van der Waals surface area contributed by atoms with Crippen LogP contribution in [-0.4, -0.2) is 43.7 Å². The Hall–Kier alpha value is -1.06. The lowest BCUT2D eigenvalue weighted by Crippen LogP contribution is -2.46. The predicted octanol–water partition coefficient (Wildman–Crippen LogP) is 2.16. The Morgan fingerprint density at radius 3 is 2.42 bits per heavy atom. The monoisotopic (exact) mass is 261 g/mol. The van der Waals surface area contributed by atoms with Gasteiger partial charge in [0.05, 0.1) is 0 Å². The van der Waals surface area contributed by atoms with Crippen molar-refractivity contribution >= 4 is 5.69 Å². The van der Waals surface area contributed by atoms with Gasteiger partial charge in [-0.25, -0.2) is 0 Å². The van der Waals surface area contributed by atoms with E-state index in [-0.39, 0.29) is 0 Å². The van der Waals surface area contributed by atoms with Gasteiger partial charge in [0.2, 0.25) is 0 Å². The molecule has 19 heavy (non-hydrogen) atoms. The summed E-state index contributed by atoms with van der Waals surface area (Å²) in [5.74, 6) is 0. The Labute approximate surface area is 117 Å². The highest BCUT2D eigenvalue weighted by atomic mass is 15.3. The Morgan fingerprint density at radius 2 is 1.84 bits per heavy atom. The zero-order chi connectivity index (χ0) is 14.0. The molecule has 1 aromatic carbocycles. The van der Waals surface area contributed by atoms with E-state index >= 15 is 0 Å². The minimum atomic E-state index is 0.443. The van der Waals surface area contributed by atoms with Crippen LogP contribution >= 0.6 is 0 Å². The van der Waals surface area contributed by atoms with E-state index in [1.165, 1.54) is 23.2 Å². The van der Waals surface area contributed by atoms with Crippen molar-refractivity contribution in [2.75, 3.05) is 31.6 Å². The fourth-order valence-electron chi connectivity index (χ4n) is 2.99. The highest BCUT2D eigenvalue weighted by Gasteiger charge is 2.25. The first-order chi connectivity index (χ1) is 9.01. The van der Waals surface area contributed by atoms with Crippen LogP contribution in [0.1, 0.15) is 24.5 Å². The smallest absolute Gasteiger partial charge is 0.0393 e. The van der Waals surface area contributed by atoms with Gasteiger partial charge in [0.1, 0.15) is 0 Å². The molecule has 0 radical (unpaired) electrons. The highest BCUT2D eigenvalue weighted by molar-refractivity contribution is 5.51. The maximum atomic E-state index is 5.96. The number of hydrogen-bond acceptors (Lipinski definition) is 3. The molecule has 0 saturated carbocycles. The molecule has 106 valence electrons. The molecule has 0 spiro atoms. The van der Waals surface area contributed by atoms with Gasteiger partial charge < -0.3 is 10.6 Å².